The molecule has 2 aromatic rings. The van der Waals surface area contributed by atoms with Crippen molar-refractivity contribution in [1.82, 2.24) is 10.2 Å². The Balaban J connectivity index is 2.39. The third-order valence-corrected chi connectivity index (χ3v) is 4.06. The first kappa shape index (κ1) is 13.4. The van der Waals surface area contributed by atoms with Gasteiger partial charge in [-0.2, -0.15) is 0 Å². The molecular formula is C10H7N3O4S2. The Labute approximate surface area is 115 Å². The van der Waals surface area contributed by atoms with Crippen LogP contribution in [0.1, 0.15) is 15.4 Å². The van der Waals surface area contributed by atoms with Gasteiger partial charge in [-0.15, -0.1) is 10.2 Å². The van der Waals surface area contributed by atoms with Gasteiger partial charge in [-0.05, 0) is 19.1 Å². The molecule has 98 valence electrons. The fourth-order valence-corrected chi connectivity index (χ4v) is 3.15. The van der Waals surface area contributed by atoms with E-state index in [2.05, 4.69) is 10.2 Å². The summed E-state index contributed by atoms with van der Waals surface area (Å²) in [5.41, 5.74) is -0.373. The summed E-state index contributed by atoms with van der Waals surface area (Å²) < 4.78 is 0.573. The van der Waals surface area contributed by atoms with E-state index in [9.17, 15) is 14.9 Å². The monoisotopic (exact) mass is 297 g/mol. The van der Waals surface area contributed by atoms with Crippen molar-refractivity contribution in [2.24, 2.45) is 0 Å². The summed E-state index contributed by atoms with van der Waals surface area (Å²) in [6.45, 7) is 1.78. The molecule has 1 heterocycles. The van der Waals surface area contributed by atoms with E-state index in [1.165, 1.54) is 23.5 Å². The number of hydrogen-bond donors (Lipinski definition) is 1. The van der Waals surface area contributed by atoms with Crippen LogP contribution in [0.3, 0.4) is 0 Å². The highest BCUT2D eigenvalue weighted by Crippen LogP contribution is 2.36. The molecule has 1 aromatic heterocycles. The van der Waals surface area contributed by atoms with E-state index in [0.29, 0.717) is 9.24 Å². The number of aromatic nitrogens is 2. The standard InChI is InChI=1S/C10H7N3O4S2/c1-5-11-12-10(18-5)19-8-3-2-6(9(14)15)4-7(8)13(16)17/h2-4H,1H3,(H,14,15). The van der Waals surface area contributed by atoms with Crippen LogP contribution in [-0.2, 0) is 0 Å². The minimum Gasteiger partial charge on any atom is -0.478 e. The highest BCUT2D eigenvalue weighted by molar-refractivity contribution is 8.01. The van der Waals surface area contributed by atoms with Crippen LogP contribution in [0.25, 0.3) is 0 Å². The molecule has 1 aromatic carbocycles. The van der Waals surface area contributed by atoms with E-state index in [0.717, 1.165) is 22.8 Å². The average Bonchev–Trinajstić information content (AvgIpc) is 2.74. The summed E-state index contributed by atoms with van der Waals surface area (Å²) in [6.07, 6.45) is 0. The fourth-order valence-electron chi connectivity index (χ4n) is 1.29. The maximum absolute atomic E-state index is 11.0. The maximum atomic E-state index is 11.0. The van der Waals surface area contributed by atoms with Gasteiger partial charge >= 0.3 is 5.97 Å². The van der Waals surface area contributed by atoms with Crippen LogP contribution >= 0.6 is 23.1 Å². The van der Waals surface area contributed by atoms with Gasteiger partial charge in [0, 0.05) is 6.07 Å². The van der Waals surface area contributed by atoms with Crippen LogP contribution in [0.5, 0.6) is 0 Å². The molecule has 0 bridgehead atoms. The molecule has 7 nitrogen and oxygen atoms in total. The second-order valence-electron chi connectivity index (χ2n) is 3.43. The smallest absolute Gasteiger partial charge is 0.335 e. The Morgan fingerprint density at radius 1 is 1.47 bits per heavy atom. The highest BCUT2D eigenvalue weighted by Gasteiger charge is 2.19. The van der Waals surface area contributed by atoms with Crippen molar-refractivity contribution in [3.8, 4) is 0 Å². The van der Waals surface area contributed by atoms with Gasteiger partial charge in [0.15, 0.2) is 4.34 Å². The van der Waals surface area contributed by atoms with Crippen LogP contribution in [0.4, 0.5) is 5.69 Å². The summed E-state index contributed by atoms with van der Waals surface area (Å²) in [4.78, 5) is 21.5. The van der Waals surface area contributed by atoms with Crippen molar-refractivity contribution in [3.63, 3.8) is 0 Å². The third kappa shape index (κ3) is 3.06. The molecule has 2 rings (SSSR count). The Hall–Kier alpha value is -2.00. The Kier molecular flexibility index (Phi) is 3.76. The van der Waals surface area contributed by atoms with Gasteiger partial charge in [-0.3, -0.25) is 10.1 Å². The predicted octanol–water partition coefficient (Wildman–Crippen LogP) is 2.60. The quantitative estimate of drug-likeness (QED) is 0.682. The second kappa shape index (κ2) is 5.33. The molecule has 1 N–H and O–H groups in total. The van der Waals surface area contributed by atoms with Crippen molar-refractivity contribution in [3.05, 3.63) is 38.9 Å². The normalized spacial score (nSPS) is 10.4. The minimum atomic E-state index is -1.20. The summed E-state index contributed by atoms with van der Waals surface area (Å²) in [5, 5.41) is 28.2. The summed E-state index contributed by atoms with van der Waals surface area (Å²) in [6, 6.07) is 3.77. The molecular weight excluding hydrogens is 290 g/mol. The number of carboxylic acid groups (broad SMARTS) is 1. The summed E-state index contributed by atoms with van der Waals surface area (Å²) >= 11 is 2.41. The number of rotatable bonds is 4. The molecule has 0 fully saturated rings. The Morgan fingerprint density at radius 3 is 2.74 bits per heavy atom. The molecule has 0 unspecified atom stereocenters. The van der Waals surface area contributed by atoms with Crippen molar-refractivity contribution >= 4 is 34.8 Å². The SMILES string of the molecule is Cc1nnc(Sc2ccc(C(=O)O)cc2[N+](=O)[O-])s1. The van der Waals surface area contributed by atoms with Gasteiger partial charge < -0.3 is 5.11 Å². The number of aryl methyl sites for hydroxylation is 1. The molecule has 0 radical (unpaired) electrons. The van der Waals surface area contributed by atoms with Crippen LogP contribution in [-0.4, -0.2) is 26.2 Å². The number of nitrogens with zero attached hydrogens (tertiary/aromatic N) is 3. The van der Waals surface area contributed by atoms with Crippen molar-refractivity contribution in [2.75, 3.05) is 0 Å². The molecule has 0 aliphatic rings. The molecule has 0 saturated heterocycles. The highest BCUT2D eigenvalue weighted by atomic mass is 32.2. The van der Waals surface area contributed by atoms with E-state index in [1.54, 1.807) is 6.92 Å². The number of carbonyl (C=O) groups is 1. The second-order valence-corrected chi connectivity index (χ2v) is 5.90. The fraction of sp³-hybridized carbons (Fsp3) is 0.100. The number of carboxylic acids is 1. The predicted molar refractivity (Wildman–Crippen MR) is 68.8 cm³/mol. The topological polar surface area (TPSA) is 106 Å². The van der Waals surface area contributed by atoms with E-state index in [4.69, 9.17) is 5.11 Å². The van der Waals surface area contributed by atoms with Crippen LogP contribution in [0.2, 0.25) is 0 Å². The molecule has 0 aliphatic heterocycles. The first-order valence-electron chi connectivity index (χ1n) is 4.97. The first-order valence-corrected chi connectivity index (χ1v) is 6.60. The lowest BCUT2D eigenvalue weighted by molar-refractivity contribution is -0.387. The molecule has 0 amide bonds. The maximum Gasteiger partial charge on any atom is 0.335 e. The van der Waals surface area contributed by atoms with Gasteiger partial charge in [-0.1, -0.05) is 23.1 Å². The lowest BCUT2D eigenvalue weighted by Gasteiger charge is -2.01. The number of aromatic carboxylic acids is 1. The number of nitro groups is 1. The number of nitro benzene ring substituents is 1. The van der Waals surface area contributed by atoms with Gasteiger partial charge in [0.1, 0.15) is 5.01 Å². The molecule has 0 atom stereocenters. The lowest BCUT2D eigenvalue weighted by atomic mass is 10.2. The Bertz CT molecular complexity index is 656. The summed E-state index contributed by atoms with van der Waals surface area (Å²) in [7, 11) is 0. The van der Waals surface area contributed by atoms with Crippen molar-refractivity contribution < 1.29 is 14.8 Å². The van der Waals surface area contributed by atoms with Gasteiger partial charge in [0.2, 0.25) is 0 Å². The number of hydrogen-bond acceptors (Lipinski definition) is 7. The van der Waals surface area contributed by atoms with Crippen molar-refractivity contribution in [1.29, 1.82) is 0 Å². The van der Waals surface area contributed by atoms with Crippen LogP contribution < -0.4 is 0 Å². The van der Waals surface area contributed by atoms with E-state index < -0.39 is 10.9 Å². The first-order chi connectivity index (χ1) is 8.97. The van der Waals surface area contributed by atoms with Crippen molar-refractivity contribution in [2.45, 2.75) is 16.2 Å². The third-order valence-electron chi connectivity index (χ3n) is 2.11. The van der Waals surface area contributed by atoms with Gasteiger partial charge in [0.05, 0.1) is 15.4 Å². The lowest BCUT2D eigenvalue weighted by Crippen LogP contribution is -1.99. The van der Waals surface area contributed by atoms with E-state index >= 15 is 0 Å². The van der Waals surface area contributed by atoms with Gasteiger partial charge in [-0.25, -0.2) is 4.79 Å². The minimum absolute atomic E-state index is 0.121. The van der Waals surface area contributed by atoms with E-state index in [1.807, 2.05) is 0 Å². The van der Waals surface area contributed by atoms with Crippen LogP contribution in [0, 0.1) is 17.0 Å². The van der Waals surface area contributed by atoms with Gasteiger partial charge in [0.25, 0.3) is 5.69 Å². The zero-order valence-electron chi connectivity index (χ0n) is 9.56. The zero-order valence-corrected chi connectivity index (χ0v) is 11.2. The zero-order chi connectivity index (χ0) is 14.0. The number of benzene rings is 1. The molecule has 0 aliphatic carbocycles. The largest absolute Gasteiger partial charge is 0.478 e. The molecule has 19 heavy (non-hydrogen) atoms. The molecule has 0 saturated carbocycles. The average molecular weight is 297 g/mol. The Morgan fingerprint density at radius 2 is 2.21 bits per heavy atom. The molecule has 0 spiro atoms. The molecule has 9 heteroatoms. The summed E-state index contributed by atoms with van der Waals surface area (Å²) in [5.74, 6) is -1.20. The van der Waals surface area contributed by atoms with Crippen LogP contribution in [0.15, 0.2) is 27.4 Å². The van der Waals surface area contributed by atoms with E-state index in [-0.39, 0.29) is 11.3 Å².